The van der Waals surface area contributed by atoms with Crippen molar-refractivity contribution in [3.8, 4) is 17.1 Å². The standard InChI is InChI=1S/C16H19N3O/c1-2-20-15-9-4-3-6-11(15)16-18-10-12-13(17)7-5-8-14(12)19-16/h3-4,6,9-10,13H,2,5,7-8,17H2,1H3. The molecule has 1 aromatic heterocycles. The average molecular weight is 269 g/mol. The fourth-order valence-electron chi connectivity index (χ4n) is 2.64. The molecule has 0 fully saturated rings. The SMILES string of the molecule is CCOc1ccccc1-c1ncc2c(n1)CCCC2N. The molecule has 0 amide bonds. The molecule has 1 aliphatic rings. The average Bonchev–Trinajstić information content (AvgIpc) is 2.48. The monoisotopic (exact) mass is 269 g/mol. The van der Waals surface area contributed by atoms with Gasteiger partial charge in [0.1, 0.15) is 5.75 Å². The highest BCUT2D eigenvalue weighted by Gasteiger charge is 2.20. The van der Waals surface area contributed by atoms with Crippen LogP contribution in [-0.4, -0.2) is 16.6 Å². The number of fused-ring (bicyclic) bond motifs is 1. The van der Waals surface area contributed by atoms with E-state index in [-0.39, 0.29) is 6.04 Å². The molecule has 0 saturated heterocycles. The molecule has 1 heterocycles. The third-order valence-corrected chi connectivity index (χ3v) is 3.66. The van der Waals surface area contributed by atoms with Gasteiger partial charge >= 0.3 is 0 Å². The van der Waals surface area contributed by atoms with Gasteiger partial charge in [0.2, 0.25) is 0 Å². The second-order valence-electron chi connectivity index (χ2n) is 5.02. The Morgan fingerprint density at radius 3 is 3.05 bits per heavy atom. The van der Waals surface area contributed by atoms with E-state index in [1.807, 2.05) is 37.4 Å². The Kier molecular flexibility index (Phi) is 3.65. The van der Waals surface area contributed by atoms with E-state index in [0.717, 1.165) is 47.7 Å². The molecule has 2 N–H and O–H groups in total. The zero-order valence-corrected chi connectivity index (χ0v) is 11.7. The van der Waals surface area contributed by atoms with Crippen molar-refractivity contribution in [2.75, 3.05) is 6.61 Å². The van der Waals surface area contributed by atoms with Crippen LogP contribution < -0.4 is 10.5 Å². The summed E-state index contributed by atoms with van der Waals surface area (Å²) in [5.41, 5.74) is 9.22. The molecule has 1 aromatic carbocycles. The summed E-state index contributed by atoms with van der Waals surface area (Å²) < 4.78 is 5.65. The van der Waals surface area contributed by atoms with Crippen molar-refractivity contribution in [3.63, 3.8) is 0 Å². The first-order chi connectivity index (χ1) is 9.79. The van der Waals surface area contributed by atoms with Crippen LogP contribution in [0.1, 0.15) is 37.1 Å². The minimum Gasteiger partial charge on any atom is -0.493 e. The van der Waals surface area contributed by atoms with Gasteiger partial charge in [-0.1, -0.05) is 12.1 Å². The van der Waals surface area contributed by atoms with Crippen LogP contribution in [0.25, 0.3) is 11.4 Å². The summed E-state index contributed by atoms with van der Waals surface area (Å²) in [4.78, 5) is 9.19. The molecule has 2 aromatic rings. The van der Waals surface area contributed by atoms with Crippen LogP contribution in [0, 0.1) is 0 Å². The summed E-state index contributed by atoms with van der Waals surface area (Å²) in [6.45, 7) is 2.61. The minimum atomic E-state index is 0.0786. The fraction of sp³-hybridized carbons (Fsp3) is 0.375. The lowest BCUT2D eigenvalue weighted by atomic mass is 9.93. The summed E-state index contributed by atoms with van der Waals surface area (Å²) in [7, 11) is 0. The number of nitrogens with two attached hydrogens (primary N) is 1. The molecule has 1 unspecified atom stereocenters. The van der Waals surface area contributed by atoms with Gasteiger partial charge in [-0.2, -0.15) is 0 Å². The normalized spacial score (nSPS) is 17.6. The van der Waals surface area contributed by atoms with Crippen LogP contribution >= 0.6 is 0 Å². The third-order valence-electron chi connectivity index (χ3n) is 3.66. The Labute approximate surface area is 119 Å². The van der Waals surface area contributed by atoms with Gasteiger partial charge in [-0.05, 0) is 38.3 Å². The molecular formula is C16H19N3O. The van der Waals surface area contributed by atoms with E-state index in [9.17, 15) is 0 Å². The number of rotatable bonds is 3. The van der Waals surface area contributed by atoms with Gasteiger partial charge in [0.05, 0.1) is 12.2 Å². The summed E-state index contributed by atoms with van der Waals surface area (Å²) in [5, 5.41) is 0. The Morgan fingerprint density at radius 1 is 1.35 bits per heavy atom. The van der Waals surface area contributed by atoms with E-state index in [2.05, 4.69) is 4.98 Å². The quantitative estimate of drug-likeness (QED) is 0.930. The van der Waals surface area contributed by atoms with Gasteiger partial charge in [-0.25, -0.2) is 9.97 Å². The molecular weight excluding hydrogens is 250 g/mol. The lowest BCUT2D eigenvalue weighted by Crippen LogP contribution is -2.19. The van der Waals surface area contributed by atoms with Crippen LogP contribution in [-0.2, 0) is 6.42 Å². The van der Waals surface area contributed by atoms with E-state index in [1.165, 1.54) is 0 Å². The van der Waals surface area contributed by atoms with Crippen molar-refractivity contribution < 1.29 is 4.74 Å². The number of aryl methyl sites for hydroxylation is 1. The van der Waals surface area contributed by atoms with Gasteiger partial charge in [0.15, 0.2) is 5.82 Å². The van der Waals surface area contributed by atoms with Crippen LogP contribution in [0.4, 0.5) is 0 Å². The third kappa shape index (κ3) is 2.39. The van der Waals surface area contributed by atoms with Crippen molar-refractivity contribution >= 4 is 0 Å². The van der Waals surface area contributed by atoms with Crippen LogP contribution in [0.3, 0.4) is 0 Å². The number of para-hydroxylation sites is 1. The lowest BCUT2D eigenvalue weighted by molar-refractivity contribution is 0.341. The number of nitrogens with zero attached hydrogens (tertiary/aromatic N) is 2. The van der Waals surface area contributed by atoms with Gasteiger partial charge in [-0.15, -0.1) is 0 Å². The number of benzene rings is 1. The summed E-state index contributed by atoms with van der Waals surface area (Å²) in [6.07, 6.45) is 4.97. The zero-order valence-electron chi connectivity index (χ0n) is 11.7. The summed E-state index contributed by atoms with van der Waals surface area (Å²) in [6, 6.07) is 7.97. The fourth-order valence-corrected chi connectivity index (χ4v) is 2.64. The molecule has 1 aliphatic carbocycles. The first-order valence-electron chi connectivity index (χ1n) is 7.13. The van der Waals surface area contributed by atoms with E-state index in [1.54, 1.807) is 0 Å². The maximum Gasteiger partial charge on any atom is 0.163 e. The maximum atomic E-state index is 6.11. The Morgan fingerprint density at radius 2 is 2.20 bits per heavy atom. The van der Waals surface area contributed by atoms with Crippen LogP contribution in [0.2, 0.25) is 0 Å². The summed E-state index contributed by atoms with van der Waals surface area (Å²) in [5.74, 6) is 1.55. The molecule has 1 atom stereocenters. The van der Waals surface area contributed by atoms with Crippen molar-refractivity contribution in [2.45, 2.75) is 32.2 Å². The number of ether oxygens (including phenoxy) is 1. The van der Waals surface area contributed by atoms with E-state index >= 15 is 0 Å². The number of hydrogen-bond acceptors (Lipinski definition) is 4. The maximum absolute atomic E-state index is 6.11. The Bertz CT molecular complexity index is 612. The largest absolute Gasteiger partial charge is 0.493 e. The van der Waals surface area contributed by atoms with Gasteiger partial charge in [-0.3, -0.25) is 0 Å². The first kappa shape index (κ1) is 13.1. The molecule has 3 rings (SSSR count). The molecule has 0 saturated carbocycles. The van der Waals surface area contributed by atoms with Crippen LogP contribution in [0.5, 0.6) is 5.75 Å². The molecule has 20 heavy (non-hydrogen) atoms. The second-order valence-corrected chi connectivity index (χ2v) is 5.02. The highest BCUT2D eigenvalue weighted by molar-refractivity contribution is 5.64. The Balaban J connectivity index is 2.03. The molecule has 4 heteroatoms. The van der Waals surface area contributed by atoms with Gasteiger partial charge < -0.3 is 10.5 Å². The molecule has 0 spiro atoms. The Hall–Kier alpha value is -1.94. The van der Waals surface area contributed by atoms with E-state index in [0.29, 0.717) is 6.61 Å². The molecule has 0 bridgehead atoms. The highest BCUT2D eigenvalue weighted by atomic mass is 16.5. The van der Waals surface area contributed by atoms with Crippen LogP contribution in [0.15, 0.2) is 30.5 Å². The predicted molar refractivity (Wildman–Crippen MR) is 78.5 cm³/mol. The minimum absolute atomic E-state index is 0.0786. The number of aromatic nitrogens is 2. The summed E-state index contributed by atoms with van der Waals surface area (Å²) >= 11 is 0. The zero-order chi connectivity index (χ0) is 13.9. The van der Waals surface area contributed by atoms with Gasteiger partial charge in [0, 0.05) is 23.5 Å². The van der Waals surface area contributed by atoms with Crippen molar-refractivity contribution in [1.82, 2.24) is 9.97 Å². The van der Waals surface area contributed by atoms with Crippen molar-refractivity contribution in [1.29, 1.82) is 0 Å². The second kappa shape index (κ2) is 5.59. The molecule has 4 nitrogen and oxygen atoms in total. The van der Waals surface area contributed by atoms with Gasteiger partial charge in [0.25, 0.3) is 0 Å². The smallest absolute Gasteiger partial charge is 0.163 e. The van der Waals surface area contributed by atoms with Crippen molar-refractivity contribution in [2.24, 2.45) is 5.73 Å². The molecule has 0 aliphatic heterocycles. The highest BCUT2D eigenvalue weighted by Crippen LogP contribution is 2.31. The van der Waals surface area contributed by atoms with Crippen molar-refractivity contribution in [3.05, 3.63) is 41.7 Å². The first-order valence-corrected chi connectivity index (χ1v) is 7.13. The predicted octanol–water partition coefficient (Wildman–Crippen LogP) is 2.88. The molecule has 104 valence electrons. The number of hydrogen-bond donors (Lipinski definition) is 1. The van der Waals surface area contributed by atoms with E-state index in [4.69, 9.17) is 15.5 Å². The topological polar surface area (TPSA) is 61.0 Å². The molecule has 0 radical (unpaired) electrons. The lowest BCUT2D eigenvalue weighted by Gasteiger charge is -2.21. The van der Waals surface area contributed by atoms with E-state index < -0.39 is 0 Å².